The molecule has 14 heavy (non-hydrogen) atoms. The topological polar surface area (TPSA) is 24.9 Å². The van der Waals surface area contributed by atoms with Crippen LogP contribution in [-0.2, 0) is 0 Å². The molecule has 0 radical (unpaired) electrons. The van der Waals surface area contributed by atoms with Gasteiger partial charge in [0.25, 0.3) is 0 Å². The molecule has 1 aromatic heterocycles. The van der Waals surface area contributed by atoms with Gasteiger partial charge in [-0.15, -0.1) is 11.3 Å². The average Bonchev–Trinajstić information content (AvgIpc) is 2.66. The van der Waals surface area contributed by atoms with Crippen LogP contribution in [-0.4, -0.2) is 11.0 Å². The first-order valence-corrected chi connectivity index (χ1v) is 6.31. The van der Waals surface area contributed by atoms with E-state index in [1.807, 2.05) is 11.6 Å². The molecule has 1 aromatic rings. The third-order valence-electron chi connectivity index (χ3n) is 3.45. The minimum absolute atomic E-state index is 0.630. The number of hydrogen-bond acceptors (Lipinski definition) is 3. The fourth-order valence-electron chi connectivity index (χ4n) is 2.24. The Morgan fingerprint density at radius 1 is 1.43 bits per heavy atom. The molecule has 2 rings (SSSR count). The first-order chi connectivity index (χ1) is 6.77. The molecular weight excluding hydrogens is 192 g/mol. The molecule has 0 bridgehead atoms. The van der Waals surface area contributed by atoms with Crippen LogP contribution in [0.2, 0.25) is 0 Å². The predicted octanol–water partition coefficient (Wildman–Crippen LogP) is 3.38. The lowest BCUT2D eigenvalue weighted by Crippen LogP contribution is -2.34. The van der Waals surface area contributed by atoms with Crippen LogP contribution in [0.1, 0.15) is 33.1 Å². The Labute approximate surface area is 89.8 Å². The van der Waals surface area contributed by atoms with Crippen molar-refractivity contribution in [2.45, 2.75) is 39.2 Å². The van der Waals surface area contributed by atoms with Crippen LogP contribution in [0.15, 0.2) is 11.6 Å². The van der Waals surface area contributed by atoms with Crippen LogP contribution >= 0.6 is 11.3 Å². The summed E-state index contributed by atoms with van der Waals surface area (Å²) < 4.78 is 0. The quantitative estimate of drug-likeness (QED) is 0.809. The number of anilines is 1. The smallest absolute Gasteiger partial charge is 0.182 e. The highest BCUT2D eigenvalue weighted by Crippen LogP contribution is 2.31. The van der Waals surface area contributed by atoms with Crippen molar-refractivity contribution in [3.63, 3.8) is 0 Å². The molecule has 3 heteroatoms. The van der Waals surface area contributed by atoms with Gasteiger partial charge in [0.1, 0.15) is 0 Å². The molecule has 1 aliphatic carbocycles. The maximum absolute atomic E-state index is 4.28. The Kier molecular flexibility index (Phi) is 3.06. The molecule has 2 nitrogen and oxygen atoms in total. The van der Waals surface area contributed by atoms with Gasteiger partial charge in [-0.2, -0.15) is 0 Å². The average molecular weight is 210 g/mol. The van der Waals surface area contributed by atoms with Crippen molar-refractivity contribution < 1.29 is 0 Å². The number of hydrogen-bond donors (Lipinski definition) is 1. The van der Waals surface area contributed by atoms with Crippen LogP contribution in [0.5, 0.6) is 0 Å². The second-order valence-electron chi connectivity index (χ2n) is 4.36. The van der Waals surface area contributed by atoms with Gasteiger partial charge in [-0.3, -0.25) is 0 Å². The first kappa shape index (κ1) is 9.97. The molecule has 1 fully saturated rings. The number of aromatic nitrogens is 1. The van der Waals surface area contributed by atoms with Crippen molar-refractivity contribution in [1.82, 2.24) is 4.98 Å². The fraction of sp³-hybridized carbons (Fsp3) is 0.727. The summed E-state index contributed by atoms with van der Waals surface area (Å²) in [5, 5.41) is 6.66. The molecule has 0 aromatic carbocycles. The van der Waals surface area contributed by atoms with Gasteiger partial charge in [0.15, 0.2) is 5.13 Å². The molecule has 0 aliphatic heterocycles. The molecule has 1 heterocycles. The highest BCUT2D eigenvalue weighted by Gasteiger charge is 2.27. The van der Waals surface area contributed by atoms with Gasteiger partial charge in [0.05, 0.1) is 0 Å². The molecule has 1 N–H and O–H groups in total. The SMILES string of the molecule is CC1CCCC(Nc2nccs2)C1C. The normalized spacial score (nSPS) is 32.9. The molecule has 1 aliphatic rings. The van der Waals surface area contributed by atoms with Crippen molar-refractivity contribution >= 4 is 16.5 Å². The van der Waals surface area contributed by atoms with E-state index >= 15 is 0 Å². The first-order valence-electron chi connectivity index (χ1n) is 5.43. The van der Waals surface area contributed by atoms with Crippen LogP contribution in [0, 0.1) is 11.8 Å². The lowest BCUT2D eigenvalue weighted by molar-refractivity contribution is 0.253. The van der Waals surface area contributed by atoms with E-state index in [4.69, 9.17) is 0 Å². The Morgan fingerprint density at radius 2 is 2.29 bits per heavy atom. The maximum Gasteiger partial charge on any atom is 0.182 e. The van der Waals surface area contributed by atoms with Crippen molar-refractivity contribution in [3.05, 3.63) is 11.6 Å². The van der Waals surface area contributed by atoms with Crippen LogP contribution < -0.4 is 5.32 Å². The second kappa shape index (κ2) is 4.30. The Morgan fingerprint density at radius 3 is 3.00 bits per heavy atom. The second-order valence-corrected chi connectivity index (χ2v) is 5.25. The van der Waals surface area contributed by atoms with E-state index in [-0.39, 0.29) is 0 Å². The van der Waals surface area contributed by atoms with Gasteiger partial charge in [-0.25, -0.2) is 4.98 Å². The maximum atomic E-state index is 4.28. The van der Waals surface area contributed by atoms with E-state index in [1.165, 1.54) is 19.3 Å². The minimum Gasteiger partial charge on any atom is -0.359 e. The molecule has 3 atom stereocenters. The van der Waals surface area contributed by atoms with E-state index in [0.717, 1.165) is 17.0 Å². The van der Waals surface area contributed by atoms with Gasteiger partial charge in [-0.1, -0.05) is 26.7 Å². The summed E-state index contributed by atoms with van der Waals surface area (Å²) in [4.78, 5) is 4.28. The predicted molar refractivity (Wildman–Crippen MR) is 61.7 cm³/mol. The number of thiazole rings is 1. The van der Waals surface area contributed by atoms with E-state index in [9.17, 15) is 0 Å². The Bertz CT molecular complexity index is 271. The van der Waals surface area contributed by atoms with Crippen molar-refractivity contribution in [3.8, 4) is 0 Å². The zero-order valence-electron chi connectivity index (χ0n) is 8.86. The summed E-state index contributed by atoms with van der Waals surface area (Å²) in [6.07, 6.45) is 5.90. The Hall–Kier alpha value is -0.570. The lowest BCUT2D eigenvalue weighted by Gasteiger charge is -2.34. The lowest BCUT2D eigenvalue weighted by atomic mass is 9.78. The van der Waals surface area contributed by atoms with Gasteiger partial charge < -0.3 is 5.32 Å². The molecular formula is C11H18N2S. The van der Waals surface area contributed by atoms with Crippen molar-refractivity contribution in [2.75, 3.05) is 5.32 Å². The standard InChI is InChI=1S/C11H18N2S/c1-8-4-3-5-10(9(8)2)13-11-12-6-7-14-11/h6-10H,3-5H2,1-2H3,(H,12,13). The third kappa shape index (κ3) is 2.08. The molecule has 0 spiro atoms. The zero-order chi connectivity index (χ0) is 9.97. The summed E-state index contributed by atoms with van der Waals surface area (Å²) in [7, 11) is 0. The van der Waals surface area contributed by atoms with Gasteiger partial charge in [-0.05, 0) is 18.3 Å². The highest BCUT2D eigenvalue weighted by molar-refractivity contribution is 7.13. The Balaban J connectivity index is 1.97. The molecule has 0 amide bonds. The van der Waals surface area contributed by atoms with Gasteiger partial charge in [0.2, 0.25) is 0 Å². The highest BCUT2D eigenvalue weighted by atomic mass is 32.1. The number of rotatable bonds is 2. The van der Waals surface area contributed by atoms with Crippen LogP contribution in [0.4, 0.5) is 5.13 Å². The summed E-state index contributed by atoms with van der Waals surface area (Å²) in [6.45, 7) is 4.72. The third-order valence-corrected chi connectivity index (χ3v) is 4.15. The molecule has 0 saturated heterocycles. The van der Waals surface area contributed by atoms with E-state index in [2.05, 4.69) is 24.1 Å². The molecule has 78 valence electrons. The summed E-state index contributed by atoms with van der Waals surface area (Å²) in [5.74, 6) is 1.62. The van der Waals surface area contributed by atoms with Crippen molar-refractivity contribution in [2.24, 2.45) is 11.8 Å². The monoisotopic (exact) mass is 210 g/mol. The van der Waals surface area contributed by atoms with E-state index in [1.54, 1.807) is 11.3 Å². The van der Waals surface area contributed by atoms with Crippen LogP contribution in [0.25, 0.3) is 0 Å². The molecule has 3 unspecified atom stereocenters. The molecule has 1 saturated carbocycles. The van der Waals surface area contributed by atoms with Crippen molar-refractivity contribution in [1.29, 1.82) is 0 Å². The van der Waals surface area contributed by atoms with Gasteiger partial charge >= 0.3 is 0 Å². The minimum atomic E-state index is 0.630. The largest absolute Gasteiger partial charge is 0.359 e. The summed E-state index contributed by atoms with van der Waals surface area (Å²) in [6, 6.07) is 0.630. The van der Waals surface area contributed by atoms with Gasteiger partial charge in [0, 0.05) is 17.6 Å². The number of nitrogens with zero attached hydrogens (tertiary/aromatic N) is 1. The summed E-state index contributed by atoms with van der Waals surface area (Å²) >= 11 is 1.70. The fourth-order valence-corrected chi connectivity index (χ4v) is 2.83. The van der Waals surface area contributed by atoms with Crippen LogP contribution in [0.3, 0.4) is 0 Å². The zero-order valence-corrected chi connectivity index (χ0v) is 9.68. The van der Waals surface area contributed by atoms with E-state index in [0.29, 0.717) is 6.04 Å². The number of nitrogens with one attached hydrogen (secondary N) is 1. The summed E-state index contributed by atoms with van der Waals surface area (Å²) in [5.41, 5.74) is 0. The van der Waals surface area contributed by atoms with E-state index < -0.39 is 0 Å².